The van der Waals surface area contributed by atoms with Crippen LogP contribution in [0.5, 0.6) is 0 Å². The first kappa shape index (κ1) is 22.0. The van der Waals surface area contributed by atoms with Crippen molar-refractivity contribution in [1.82, 2.24) is 24.7 Å². The summed E-state index contributed by atoms with van der Waals surface area (Å²) in [5.74, 6) is -3.51. The predicted molar refractivity (Wildman–Crippen MR) is 119 cm³/mol. The number of carbonyl (C=O) groups excluding carboxylic acids is 2. The van der Waals surface area contributed by atoms with Gasteiger partial charge >= 0.3 is 5.69 Å². The van der Waals surface area contributed by atoms with E-state index in [1.807, 2.05) is 23.1 Å². The average molecular weight is 463 g/mol. The molecule has 5 rings (SSSR count). The zero-order valence-corrected chi connectivity index (χ0v) is 18.5. The van der Waals surface area contributed by atoms with Gasteiger partial charge in [0.15, 0.2) is 0 Å². The summed E-state index contributed by atoms with van der Waals surface area (Å²) in [6.07, 6.45) is 0.918. The molecule has 3 saturated heterocycles. The molecule has 2 atom stereocenters. The van der Waals surface area contributed by atoms with E-state index in [0.29, 0.717) is 50.2 Å². The van der Waals surface area contributed by atoms with Crippen molar-refractivity contribution in [3.05, 3.63) is 28.7 Å². The second-order valence-corrected chi connectivity index (χ2v) is 9.12. The Morgan fingerprint density at radius 1 is 1.03 bits per heavy atom. The molecule has 33 heavy (non-hydrogen) atoms. The third-order valence-corrected chi connectivity index (χ3v) is 7.16. The molecule has 2 aromatic rings. The number of hydrogen-bond donors (Lipinski definition) is 2. The number of halogens is 2. The molecular weight excluding hydrogens is 434 g/mol. The Labute approximate surface area is 189 Å². The number of amides is 2. The molecule has 0 saturated carbocycles. The molecule has 3 aliphatic rings. The maximum Gasteiger partial charge on any atom is 0.329 e. The van der Waals surface area contributed by atoms with Crippen molar-refractivity contribution in [2.75, 3.05) is 44.2 Å². The van der Waals surface area contributed by atoms with E-state index in [2.05, 4.69) is 15.5 Å². The van der Waals surface area contributed by atoms with Gasteiger partial charge in [0, 0.05) is 45.3 Å². The molecule has 1 aromatic carbocycles. The van der Waals surface area contributed by atoms with Gasteiger partial charge in [-0.25, -0.2) is 13.6 Å². The smallest absolute Gasteiger partial charge is 0.329 e. The second kappa shape index (κ2) is 8.21. The molecule has 2 unspecified atom stereocenters. The van der Waals surface area contributed by atoms with Crippen LogP contribution in [-0.4, -0.2) is 77.1 Å². The lowest BCUT2D eigenvalue weighted by Gasteiger charge is -2.44. The van der Waals surface area contributed by atoms with Crippen molar-refractivity contribution in [3.8, 4) is 0 Å². The van der Waals surface area contributed by atoms with Crippen LogP contribution < -0.4 is 21.2 Å². The van der Waals surface area contributed by atoms with Gasteiger partial charge in [0.25, 0.3) is 5.92 Å². The van der Waals surface area contributed by atoms with Crippen LogP contribution in [0.15, 0.2) is 23.0 Å². The molecule has 2 amide bonds. The van der Waals surface area contributed by atoms with Crippen molar-refractivity contribution in [1.29, 1.82) is 0 Å². The fraction of sp³-hybridized carbons (Fsp3) is 0.591. The molecule has 2 N–H and O–H groups in total. The number of benzene rings is 1. The number of carbonyl (C=O) groups is 2. The highest BCUT2D eigenvalue weighted by Gasteiger charge is 2.45. The highest BCUT2D eigenvalue weighted by molar-refractivity contribution is 6.00. The summed E-state index contributed by atoms with van der Waals surface area (Å²) in [5.41, 5.74) is 1.92. The van der Waals surface area contributed by atoms with Gasteiger partial charge in [-0.1, -0.05) is 0 Å². The van der Waals surface area contributed by atoms with Crippen LogP contribution in [0.4, 0.5) is 14.5 Å². The minimum absolute atomic E-state index is 0.192. The molecule has 0 bridgehead atoms. The van der Waals surface area contributed by atoms with E-state index in [0.717, 1.165) is 5.69 Å². The Hall–Kier alpha value is -2.79. The summed E-state index contributed by atoms with van der Waals surface area (Å²) in [6, 6.07) is 4.18. The summed E-state index contributed by atoms with van der Waals surface area (Å²) >= 11 is 0. The molecule has 1 aromatic heterocycles. The van der Waals surface area contributed by atoms with Gasteiger partial charge in [-0.2, -0.15) is 0 Å². The van der Waals surface area contributed by atoms with Crippen LogP contribution in [0.25, 0.3) is 11.0 Å². The van der Waals surface area contributed by atoms with Crippen molar-refractivity contribution in [3.63, 3.8) is 0 Å². The van der Waals surface area contributed by atoms with E-state index in [1.54, 1.807) is 7.05 Å². The fourth-order valence-electron chi connectivity index (χ4n) is 5.34. The van der Waals surface area contributed by atoms with Crippen LogP contribution >= 0.6 is 0 Å². The average Bonchev–Trinajstić information content (AvgIpc) is 3.04. The zero-order valence-electron chi connectivity index (χ0n) is 18.5. The lowest BCUT2D eigenvalue weighted by molar-refractivity contribution is -0.135. The van der Waals surface area contributed by atoms with Crippen LogP contribution in [0.3, 0.4) is 0 Å². The number of piperidine rings is 2. The van der Waals surface area contributed by atoms with Crippen LogP contribution in [0, 0.1) is 0 Å². The molecule has 0 radical (unpaired) electrons. The number of imide groups is 1. The number of imidazole rings is 1. The molecular formula is C22H28F2N6O3. The van der Waals surface area contributed by atoms with Gasteiger partial charge in [0.05, 0.1) is 23.6 Å². The van der Waals surface area contributed by atoms with Crippen LogP contribution in [-0.2, 0) is 16.6 Å². The van der Waals surface area contributed by atoms with Gasteiger partial charge in [0.2, 0.25) is 11.8 Å². The zero-order chi connectivity index (χ0) is 23.3. The highest BCUT2D eigenvalue weighted by atomic mass is 19.3. The number of hydrogen-bond acceptors (Lipinski definition) is 6. The van der Waals surface area contributed by atoms with Gasteiger partial charge in [-0.3, -0.25) is 28.9 Å². The number of aryl methyl sites for hydroxylation is 1. The Balaban J connectivity index is 1.37. The number of piperazine rings is 1. The molecule has 4 heterocycles. The maximum atomic E-state index is 14.3. The van der Waals surface area contributed by atoms with Gasteiger partial charge in [-0.05, 0) is 37.6 Å². The number of nitrogens with one attached hydrogen (secondary N) is 2. The fourth-order valence-corrected chi connectivity index (χ4v) is 5.34. The Morgan fingerprint density at radius 2 is 1.79 bits per heavy atom. The molecule has 3 fully saturated rings. The van der Waals surface area contributed by atoms with Crippen LogP contribution in [0.2, 0.25) is 0 Å². The molecule has 0 spiro atoms. The van der Waals surface area contributed by atoms with E-state index in [-0.39, 0.29) is 31.0 Å². The SMILES string of the molecule is Cn1c(=O)n(C2CCC(=O)NC2=O)c2ccc(N3CCN(C4CCNCC4(F)F)CC3)cc21. The third-order valence-electron chi connectivity index (χ3n) is 7.16. The summed E-state index contributed by atoms with van der Waals surface area (Å²) in [4.78, 5) is 40.8. The largest absolute Gasteiger partial charge is 0.369 e. The number of anilines is 1. The van der Waals surface area contributed by atoms with Crippen molar-refractivity contribution in [2.45, 2.75) is 37.3 Å². The Kier molecular flexibility index (Phi) is 5.48. The number of fused-ring (bicyclic) bond motifs is 1. The lowest BCUT2D eigenvalue weighted by Crippen LogP contribution is -2.61. The van der Waals surface area contributed by atoms with Gasteiger partial charge in [0.1, 0.15) is 6.04 Å². The molecule has 0 aliphatic carbocycles. The van der Waals surface area contributed by atoms with E-state index in [1.165, 1.54) is 9.13 Å². The first-order valence-corrected chi connectivity index (χ1v) is 11.4. The predicted octanol–water partition coefficient (Wildman–Crippen LogP) is 0.437. The summed E-state index contributed by atoms with van der Waals surface area (Å²) in [7, 11) is 1.66. The summed E-state index contributed by atoms with van der Waals surface area (Å²) < 4.78 is 31.6. The summed E-state index contributed by atoms with van der Waals surface area (Å²) in [6.45, 7) is 2.67. The maximum absolute atomic E-state index is 14.3. The second-order valence-electron chi connectivity index (χ2n) is 9.12. The van der Waals surface area contributed by atoms with E-state index in [9.17, 15) is 23.2 Å². The van der Waals surface area contributed by atoms with E-state index in [4.69, 9.17) is 0 Å². The van der Waals surface area contributed by atoms with E-state index >= 15 is 0 Å². The molecule has 11 heteroatoms. The minimum Gasteiger partial charge on any atom is -0.369 e. The monoisotopic (exact) mass is 462 g/mol. The van der Waals surface area contributed by atoms with Gasteiger partial charge < -0.3 is 10.2 Å². The first-order valence-electron chi connectivity index (χ1n) is 11.4. The van der Waals surface area contributed by atoms with Crippen molar-refractivity contribution < 1.29 is 18.4 Å². The Morgan fingerprint density at radius 3 is 2.48 bits per heavy atom. The number of nitrogens with zero attached hydrogens (tertiary/aromatic N) is 4. The molecule has 178 valence electrons. The number of alkyl halides is 2. The molecule has 3 aliphatic heterocycles. The number of rotatable bonds is 3. The topological polar surface area (TPSA) is 91.6 Å². The minimum atomic E-state index is -2.73. The highest BCUT2D eigenvalue weighted by Crippen LogP contribution is 2.30. The quantitative estimate of drug-likeness (QED) is 0.644. The normalized spacial score (nSPS) is 26.6. The van der Waals surface area contributed by atoms with Crippen molar-refractivity contribution in [2.24, 2.45) is 7.05 Å². The number of aromatic nitrogens is 2. The van der Waals surface area contributed by atoms with Crippen LogP contribution in [0.1, 0.15) is 25.3 Å². The lowest BCUT2D eigenvalue weighted by atomic mass is 9.99. The first-order chi connectivity index (χ1) is 15.8. The summed E-state index contributed by atoms with van der Waals surface area (Å²) in [5, 5.41) is 5.09. The third kappa shape index (κ3) is 3.82. The Bertz CT molecular complexity index is 1150. The van der Waals surface area contributed by atoms with Crippen molar-refractivity contribution >= 4 is 28.5 Å². The standard InChI is InChI=1S/C22H28F2N6O3/c1-27-17-12-14(28-8-10-29(11-9-28)18-6-7-25-13-22(18,23)24)2-3-15(17)30(21(27)33)16-4-5-19(31)26-20(16)32/h2-3,12,16,18,25H,4-11,13H2,1H3,(H,26,31,32). The molecule has 9 nitrogen and oxygen atoms in total. The van der Waals surface area contributed by atoms with Gasteiger partial charge in [-0.15, -0.1) is 0 Å². The van der Waals surface area contributed by atoms with E-state index < -0.39 is 23.9 Å².